The highest BCUT2D eigenvalue weighted by molar-refractivity contribution is 7.90. The lowest BCUT2D eigenvalue weighted by atomic mass is 10.1. The molecular weight excluding hydrogens is 502 g/mol. The Balaban J connectivity index is 1.53. The molecule has 1 fully saturated rings. The van der Waals surface area contributed by atoms with Crippen molar-refractivity contribution in [2.24, 2.45) is 0 Å². The Kier molecular flexibility index (Phi) is 8.92. The van der Waals surface area contributed by atoms with E-state index in [1.807, 2.05) is 18.6 Å². The molecule has 0 aliphatic carbocycles. The number of benzene rings is 1. The van der Waals surface area contributed by atoms with Gasteiger partial charge in [-0.15, -0.1) is 0 Å². The summed E-state index contributed by atoms with van der Waals surface area (Å²) < 4.78 is 42.8. The van der Waals surface area contributed by atoms with E-state index in [9.17, 15) is 18.0 Å². The Bertz CT molecular complexity index is 1180. The molecule has 1 aromatic heterocycles. The minimum Gasteiger partial charge on any atom is -0.444 e. The van der Waals surface area contributed by atoms with Crippen molar-refractivity contribution in [3.63, 3.8) is 0 Å². The number of nitrogens with zero attached hydrogens (tertiary/aromatic N) is 2. The van der Waals surface area contributed by atoms with Crippen LogP contribution in [0.3, 0.4) is 0 Å². The first-order valence-corrected chi connectivity index (χ1v) is 13.4. The lowest BCUT2D eigenvalue weighted by Gasteiger charge is -2.19. The average Bonchev–Trinajstić information content (AvgIpc) is 3.26. The van der Waals surface area contributed by atoms with Gasteiger partial charge >= 0.3 is 12.2 Å². The topological polar surface area (TPSA) is 158 Å². The van der Waals surface area contributed by atoms with Crippen molar-refractivity contribution in [1.29, 1.82) is 0 Å². The van der Waals surface area contributed by atoms with E-state index < -0.39 is 27.8 Å². The number of hydrogen-bond acceptors (Lipinski definition) is 10. The molecule has 37 heavy (non-hydrogen) atoms. The highest BCUT2D eigenvalue weighted by atomic mass is 32.2. The van der Waals surface area contributed by atoms with Gasteiger partial charge in [-0.1, -0.05) is 6.92 Å². The van der Waals surface area contributed by atoms with Crippen LogP contribution in [0.2, 0.25) is 0 Å². The summed E-state index contributed by atoms with van der Waals surface area (Å²) >= 11 is 0. The summed E-state index contributed by atoms with van der Waals surface area (Å²) in [6.07, 6.45) is 2.38. The molecule has 0 radical (unpaired) electrons. The summed E-state index contributed by atoms with van der Waals surface area (Å²) in [6, 6.07) is 5.76. The summed E-state index contributed by atoms with van der Waals surface area (Å²) in [7, 11) is -4.09. The van der Waals surface area contributed by atoms with Crippen LogP contribution < -0.4 is 15.4 Å². The van der Waals surface area contributed by atoms with Crippen molar-refractivity contribution in [1.82, 2.24) is 20.0 Å². The number of sulfonamides is 1. The third kappa shape index (κ3) is 8.57. The molecule has 13 heteroatoms. The fourth-order valence-corrected chi connectivity index (χ4v) is 4.16. The molecule has 2 aromatic rings. The Morgan fingerprint density at radius 1 is 1.14 bits per heavy atom. The SMILES string of the molecule is CC[C@H](C)NC(=O)O[C@H]1CO[C@H](c2cnc(Nc3ccc(S(=O)(=O)NC(=O)OC(C)(C)C)cc3)nc2)C1. The largest absolute Gasteiger partial charge is 0.444 e. The maximum Gasteiger partial charge on any atom is 0.421 e. The first-order valence-electron chi connectivity index (χ1n) is 11.9. The third-order valence-corrected chi connectivity index (χ3v) is 6.62. The zero-order chi connectivity index (χ0) is 27.2. The van der Waals surface area contributed by atoms with E-state index in [2.05, 4.69) is 20.6 Å². The molecule has 2 amide bonds. The van der Waals surface area contributed by atoms with E-state index in [0.29, 0.717) is 18.1 Å². The first kappa shape index (κ1) is 28.1. The summed E-state index contributed by atoms with van der Waals surface area (Å²) in [5.74, 6) is 0.296. The van der Waals surface area contributed by atoms with Gasteiger partial charge < -0.3 is 24.8 Å². The molecule has 1 aromatic carbocycles. The second-order valence-corrected chi connectivity index (χ2v) is 11.3. The highest BCUT2D eigenvalue weighted by Crippen LogP contribution is 2.30. The van der Waals surface area contributed by atoms with Crippen molar-refractivity contribution in [2.75, 3.05) is 11.9 Å². The fraction of sp³-hybridized carbons (Fsp3) is 0.500. The predicted octanol–water partition coefficient (Wildman–Crippen LogP) is 3.79. The maximum absolute atomic E-state index is 12.4. The van der Waals surface area contributed by atoms with Gasteiger partial charge in [0.1, 0.15) is 11.7 Å². The van der Waals surface area contributed by atoms with Crippen LogP contribution in [0.4, 0.5) is 21.2 Å². The van der Waals surface area contributed by atoms with Gasteiger partial charge in [-0.3, -0.25) is 0 Å². The molecule has 2 heterocycles. The fourth-order valence-electron chi connectivity index (χ4n) is 3.28. The number of aromatic nitrogens is 2. The standard InChI is InChI=1S/C24H33N5O7S/c1-6-15(2)27-22(30)35-18-11-20(34-14-18)16-12-25-21(26-13-16)28-17-7-9-19(10-8-17)37(32,33)29-23(31)36-24(3,4)5/h7-10,12-13,15,18,20H,6,11,14H2,1-5H3,(H,27,30)(H,29,31)(H,25,26,28)/t15-,18+,20-/m0/s1. The Morgan fingerprint density at radius 3 is 2.38 bits per heavy atom. The number of rotatable bonds is 8. The molecule has 202 valence electrons. The first-order chi connectivity index (χ1) is 17.3. The van der Waals surface area contributed by atoms with Crippen molar-refractivity contribution in [3.8, 4) is 0 Å². The number of nitrogens with one attached hydrogen (secondary N) is 3. The van der Waals surface area contributed by atoms with Gasteiger partial charge in [0.05, 0.1) is 17.6 Å². The Labute approximate surface area is 216 Å². The predicted molar refractivity (Wildman–Crippen MR) is 135 cm³/mol. The van der Waals surface area contributed by atoms with E-state index >= 15 is 0 Å². The van der Waals surface area contributed by atoms with E-state index in [1.54, 1.807) is 33.2 Å². The number of carbonyl (C=O) groups is 2. The third-order valence-electron chi connectivity index (χ3n) is 5.29. The summed E-state index contributed by atoms with van der Waals surface area (Å²) in [5.41, 5.74) is 0.460. The quantitative estimate of drug-likeness (QED) is 0.454. The highest BCUT2D eigenvalue weighted by Gasteiger charge is 2.30. The lowest BCUT2D eigenvalue weighted by molar-refractivity contribution is 0.0570. The van der Waals surface area contributed by atoms with Gasteiger partial charge in [0.2, 0.25) is 5.95 Å². The zero-order valence-electron chi connectivity index (χ0n) is 21.5. The molecule has 12 nitrogen and oxygen atoms in total. The summed E-state index contributed by atoms with van der Waals surface area (Å²) in [6.45, 7) is 9.07. The molecule has 3 atom stereocenters. The molecule has 1 aliphatic rings. The van der Waals surface area contributed by atoms with Crippen molar-refractivity contribution >= 4 is 33.8 Å². The monoisotopic (exact) mass is 535 g/mol. The second-order valence-electron chi connectivity index (χ2n) is 9.64. The van der Waals surface area contributed by atoms with Crippen molar-refractivity contribution in [3.05, 3.63) is 42.2 Å². The average molecular weight is 536 g/mol. The molecule has 3 rings (SSSR count). The van der Waals surface area contributed by atoms with Crippen molar-refractivity contribution < 1.29 is 32.2 Å². The van der Waals surface area contributed by atoms with E-state index in [4.69, 9.17) is 14.2 Å². The minimum absolute atomic E-state index is 0.0357. The van der Waals surface area contributed by atoms with Crippen LogP contribution in [-0.4, -0.2) is 54.9 Å². The van der Waals surface area contributed by atoms with Crippen LogP contribution in [0.5, 0.6) is 0 Å². The second kappa shape index (κ2) is 11.7. The summed E-state index contributed by atoms with van der Waals surface area (Å²) in [5, 5.41) is 5.75. The number of hydrogen-bond donors (Lipinski definition) is 3. The Morgan fingerprint density at radius 2 is 1.78 bits per heavy atom. The lowest BCUT2D eigenvalue weighted by Crippen LogP contribution is -2.36. The molecule has 0 spiro atoms. The van der Waals surface area contributed by atoms with Crippen LogP contribution in [0.15, 0.2) is 41.6 Å². The van der Waals surface area contributed by atoms with Crippen LogP contribution >= 0.6 is 0 Å². The molecular formula is C24H33N5O7S. The Hall–Kier alpha value is -3.45. The smallest absolute Gasteiger partial charge is 0.421 e. The number of ether oxygens (including phenoxy) is 3. The van der Waals surface area contributed by atoms with Gasteiger partial charge in [0, 0.05) is 36.1 Å². The number of alkyl carbamates (subject to hydrolysis) is 1. The van der Waals surface area contributed by atoms with E-state index in [0.717, 1.165) is 12.0 Å². The molecule has 3 N–H and O–H groups in total. The molecule has 0 unspecified atom stereocenters. The number of amides is 2. The van der Waals surface area contributed by atoms with Gasteiger partial charge in [0.25, 0.3) is 10.0 Å². The van der Waals surface area contributed by atoms with Gasteiger partial charge in [0.15, 0.2) is 0 Å². The van der Waals surface area contributed by atoms with E-state index in [1.165, 1.54) is 24.3 Å². The summed E-state index contributed by atoms with van der Waals surface area (Å²) in [4.78, 5) is 32.2. The molecule has 1 saturated heterocycles. The van der Waals surface area contributed by atoms with Gasteiger partial charge in [-0.2, -0.15) is 0 Å². The van der Waals surface area contributed by atoms with Gasteiger partial charge in [-0.05, 0) is 58.4 Å². The van der Waals surface area contributed by atoms with Crippen LogP contribution in [0.1, 0.15) is 59.1 Å². The van der Waals surface area contributed by atoms with Gasteiger partial charge in [-0.25, -0.2) is 32.7 Å². The maximum atomic E-state index is 12.4. The number of carbonyl (C=O) groups excluding carboxylic acids is 2. The normalized spacial score (nSPS) is 18.5. The molecule has 0 bridgehead atoms. The van der Waals surface area contributed by atoms with Crippen LogP contribution in [-0.2, 0) is 24.2 Å². The van der Waals surface area contributed by atoms with Crippen LogP contribution in [0.25, 0.3) is 0 Å². The minimum atomic E-state index is -4.09. The zero-order valence-corrected chi connectivity index (χ0v) is 22.3. The van der Waals surface area contributed by atoms with Crippen molar-refractivity contribution in [2.45, 2.75) is 76.2 Å². The molecule has 1 aliphatic heterocycles. The molecule has 0 saturated carbocycles. The van der Waals surface area contributed by atoms with Crippen LogP contribution in [0, 0.1) is 0 Å². The number of anilines is 2. The van der Waals surface area contributed by atoms with E-state index in [-0.39, 0.29) is 29.8 Å².